The monoisotopic (exact) mass is 247 g/mol. The molecule has 0 radical (unpaired) electrons. The molecule has 2 rings (SSSR count). The normalized spacial score (nSPS) is 10.2. The maximum atomic E-state index is 6.12. The van der Waals surface area contributed by atoms with Gasteiger partial charge in [0.25, 0.3) is 0 Å². The average Bonchev–Trinajstić information content (AvgIpc) is 2.32. The van der Waals surface area contributed by atoms with E-state index in [1.165, 1.54) is 0 Å². The summed E-state index contributed by atoms with van der Waals surface area (Å²) < 4.78 is 0. The zero-order valence-electron chi connectivity index (χ0n) is 9.60. The van der Waals surface area contributed by atoms with Crippen molar-refractivity contribution in [2.45, 2.75) is 6.54 Å². The topological polar surface area (TPSA) is 42.1 Å². The van der Waals surface area contributed by atoms with Crippen molar-refractivity contribution >= 4 is 23.1 Å². The summed E-state index contributed by atoms with van der Waals surface area (Å²) in [6.07, 6.45) is 1.70. The van der Waals surface area contributed by atoms with Crippen LogP contribution in [0.1, 0.15) is 5.56 Å². The smallest absolute Gasteiger partial charge is 0.130 e. The molecule has 0 fully saturated rings. The van der Waals surface area contributed by atoms with Crippen LogP contribution in [0.2, 0.25) is 5.02 Å². The van der Waals surface area contributed by atoms with Gasteiger partial charge in [0.2, 0.25) is 0 Å². The van der Waals surface area contributed by atoms with Crippen LogP contribution >= 0.6 is 11.6 Å². The zero-order valence-corrected chi connectivity index (χ0v) is 10.4. The Morgan fingerprint density at radius 2 is 2.06 bits per heavy atom. The second-order valence-electron chi connectivity index (χ2n) is 3.89. The molecule has 2 N–H and O–H groups in total. The van der Waals surface area contributed by atoms with E-state index < -0.39 is 0 Å². The van der Waals surface area contributed by atoms with E-state index in [1.807, 2.05) is 42.3 Å². The number of nitrogens with zero attached hydrogens (tertiary/aromatic N) is 2. The summed E-state index contributed by atoms with van der Waals surface area (Å²) in [5.74, 6) is 0.838. The number of nitrogen functional groups attached to an aromatic ring is 1. The van der Waals surface area contributed by atoms with Gasteiger partial charge in [0.1, 0.15) is 5.82 Å². The number of pyridine rings is 1. The Kier molecular flexibility index (Phi) is 3.49. The minimum absolute atomic E-state index is 0.704. The lowest BCUT2D eigenvalue weighted by molar-refractivity contribution is 0.899. The number of aromatic nitrogens is 1. The lowest BCUT2D eigenvalue weighted by Crippen LogP contribution is -2.17. The maximum absolute atomic E-state index is 6.12. The maximum Gasteiger partial charge on any atom is 0.130 e. The first-order valence-electron chi connectivity index (χ1n) is 5.33. The van der Waals surface area contributed by atoms with Gasteiger partial charge in [-0.1, -0.05) is 29.8 Å². The number of benzene rings is 1. The highest BCUT2D eigenvalue weighted by Crippen LogP contribution is 2.20. The minimum atomic E-state index is 0.704. The second kappa shape index (κ2) is 5.06. The molecule has 0 saturated heterocycles. The van der Waals surface area contributed by atoms with Gasteiger partial charge in [0.15, 0.2) is 0 Å². The summed E-state index contributed by atoms with van der Waals surface area (Å²) >= 11 is 6.12. The number of anilines is 2. The number of halogens is 1. The highest BCUT2D eigenvalue weighted by molar-refractivity contribution is 6.31. The van der Waals surface area contributed by atoms with Crippen LogP contribution in [0.5, 0.6) is 0 Å². The molecule has 3 nitrogen and oxygen atoms in total. The zero-order chi connectivity index (χ0) is 12.3. The van der Waals surface area contributed by atoms with Crippen molar-refractivity contribution in [2.75, 3.05) is 17.7 Å². The summed E-state index contributed by atoms with van der Waals surface area (Å²) in [5.41, 5.74) is 7.51. The molecule has 1 aromatic heterocycles. The van der Waals surface area contributed by atoms with Crippen LogP contribution in [0.25, 0.3) is 0 Å². The third-order valence-corrected chi connectivity index (χ3v) is 2.89. The fraction of sp³-hybridized carbons (Fsp3) is 0.154. The Balaban J connectivity index is 2.17. The van der Waals surface area contributed by atoms with Crippen molar-refractivity contribution < 1.29 is 0 Å². The fourth-order valence-electron chi connectivity index (χ4n) is 1.61. The highest BCUT2D eigenvalue weighted by atomic mass is 35.5. The minimum Gasteiger partial charge on any atom is -0.399 e. The van der Waals surface area contributed by atoms with Crippen LogP contribution in [0.4, 0.5) is 11.5 Å². The third-order valence-electron chi connectivity index (χ3n) is 2.53. The molecule has 0 aliphatic carbocycles. The van der Waals surface area contributed by atoms with Gasteiger partial charge in [-0.25, -0.2) is 4.98 Å². The largest absolute Gasteiger partial charge is 0.399 e. The molecular weight excluding hydrogens is 234 g/mol. The van der Waals surface area contributed by atoms with Gasteiger partial charge in [-0.05, 0) is 17.7 Å². The molecule has 0 saturated carbocycles. The molecule has 0 atom stereocenters. The third kappa shape index (κ3) is 2.88. The van der Waals surface area contributed by atoms with Crippen molar-refractivity contribution in [3.63, 3.8) is 0 Å². The van der Waals surface area contributed by atoms with Crippen molar-refractivity contribution in [3.8, 4) is 0 Å². The van der Waals surface area contributed by atoms with E-state index >= 15 is 0 Å². The van der Waals surface area contributed by atoms with Crippen LogP contribution < -0.4 is 10.6 Å². The van der Waals surface area contributed by atoms with E-state index in [4.69, 9.17) is 17.3 Å². The SMILES string of the molecule is CN(Cc1ccccc1Cl)c1cc(N)ccn1. The Labute approximate surface area is 106 Å². The molecule has 1 heterocycles. The molecule has 0 bridgehead atoms. The molecule has 88 valence electrons. The van der Waals surface area contributed by atoms with Gasteiger partial charge in [-0.2, -0.15) is 0 Å². The van der Waals surface area contributed by atoms with E-state index in [0.717, 1.165) is 16.4 Å². The van der Waals surface area contributed by atoms with Gasteiger partial charge < -0.3 is 10.6 Å². The summed E-state index contributed by atoms with van der Waals surface area (Å²) in [5, 5.41) is 0.767. The average molecular weight is 248 g/mol. The molecule has 0 spiro atoms. The molecule has 17 heavy (non-hydrogen) atoms. The molecule has 0 amide bonds. The first-order valence-corrected chi connectivity index (χ1v) is 5.70. The van der Waals surface area contributed by atoms with Crippen LogP contribution in [0.3, 0.4) is 0 Å². The van der Waals surface area contributed by atoms with E-state index in [1.54, 1.807) is 12.3 Å². The lowest BCUT2D eigenvalue weighted by Gasteiger charge is -2.19. The first-order chi connectivity index (χ1) is 8.16. The van der Waals surface area contributed by atoms with Crippen molar-refractivity contribution in [1.29, 1.82) is 0 Å². The van der Waals surface area contributed by atoms with Crippen LogP contribution in [-0.2, 0) is 6.54 Å². The number of hydrogen-bond donors (Lipinski definition) is 1. The van der Waals surface area contributed by atoms with Crippen LogP contribution in [0.15, 0.2) is 42.6 Å². The van der Waals surface area contributed by atoms with Gasteiger partial charge in [0, 0.05) is 36.6 Å². The molecule has 4 heteroatoms. The van der Waals surface area contributed by atoms with Gasteiger partial charge >= 0.3 is 0 Å². The molecular formula is C13H14ClN3. The highest BCUT2D eigenvalue weighted by Gasteiger charge is 2.06. The van der Waals surface area contributed by atoms with Crippen LogP contribution in [0, 0.1) is 0 Å². The van der Waals surface area contributed by atoms with Crippen molar-refractivity contribution in [3.05, 3.63) is 53.2 Å². The lowest BCUT2D eigenvalue weighted by atomic mass is 10.2. The van der Waals surface area contributed by atoms with E-state index in [-0.39, 0.29) is 0 Å². The Bertz CT molecular complexity index is 514. The number of rotatable bonds is 3. The molecule has 1 aromatic carbocycles. The van der Waals surface area contributed by atoms with E-state index in [9.17, 15) is 0 Å². The fourth-order valence-corrected chi connectivity index (χ4v) is 1.80. The van der Waals surface area contributed by atoms with E-state index in [2.05, 4.69) is 4.98 Å². The standard InChI is InChI=1S/C13H14ClN3/c1-17(13-8-11(15)6-7-16-13)9-10-4-2-3-5-12(10)14/h2-8H,9H2,1H3,(H2,15,16). The molecule has 0 unspecified atom stereocenters. The van der Waals surface area contributed by atoms with E-state index in [0.29, 0.717) is 12.2 Å². The predicted octanol–water partition coefficient (Wildman–Crippen LogP) is 2.95. The Morgan fingerprint density at radius 3 is 2.76 bits per heavy atom. The van der Waals surface area contributed by atoms with Crippen molar-refractivity contribution in [2.24, 2.45) is 0 Å². The van der Waals surface area contributed by atoms with Gasteiger partial charge in [-0.15, -0.1) is 0 Å². The summed E-state index contributed by atoms with van der Waals surface area (Å²) in [7, 11) is 1.96. The Morgan fingerprint density at radius 1 is 1.29 bits per heavy atom. The summed E-state index contributed by atoms with van der Waals surface area (Å²) in [6, 6.07) is 11.4. The van der Waals surface area contributed by atoms with Crippen molar-refractivity contribution in [1.82, 2.24) is 4.98 Å². The Hall–Kier alpha value is -1.74. The predicted molar refractivity (Wildman–Crippen MR) is 72.2 cm³/mol. The summed E-state index contributed by atoms with van der Waals surface area (Å²) in [6.45, 7) is 0.704. The summed E-state index contributed by atoms with van der Waals surface area (Å²) in [4.78, 5) is 6.28. The number of hydrogen-bond acceptors (Lipinski definition) is 3. The molecule has 0 aliphatic heterocycles. The quantitative estimate of drug-likeness (QED) is 0.907. The van der Waals surface area contributed by atoms with Gasteiger partial charge in [0.05, 0.1) is 0 Å². The first kappa shape index (κ1) is 11.7. The number of nitrogens with two attached hydrogens (primary N) is 1. The van der Waals surface area contributed by atoms with Gasteiger partial charge in [-0.3, -0.25) is 0 Å². The molecule has 2 aromatic rings. The van der Waals surface area contributed by atoms with Crippen LogP contribution in [-0.4, -0.2) is 12.0 Å². The second-order valence-corrected chi connectivity index (χ2v) is 4.30. The molecule has 0 aliphatic rings.